The van der Waals surface area contributed by atoms with Gasteiger partial charge in [-0.05, 0) is 0 Å². The van der Waals surface area contributed by atoms with Crippen LogP contribution in [0.25, 0.3) is 25.6 Å². The Morgan fingerprint density at radius 2 is 1.17 bits per heavy atom. The Morgan fingerprint density at radius 1 is 0.596 bits per heavy atom. The maximum Gasteiger partial charge on any atom is -1.00 e. The molecular weight excluding hydrogens is 691 g/mol. The molecule has 235 valence electrons. The normalized spacial score (nSPS) is 14.8. The van der Waals surface area contributed by atoms with Gasteiger partial charge >= 0.3 is 286 Å². The number of allylic oxidation sites excluding steroid dienone is 2. The quantitative estimate of drug-likeness (QED) is 0.266. The van der Waals surface area contributed by atoms with Gasteiger partial charge < -0.3 is 24.8 Å². The molecule has 3 heteroatoms. The van der Waals surface area contributed by atoms with Gasteiger partial charge in [-0.3, -0.25) is 0 Å². The first-order chi connectivity index (χ1) is 21.4. The van der Waals surface area contributed by atoms with Crippen LogP contribution in [0.4, 0.5) is 0 Å². The molecule has 0 amide bonds. The number of hydrogen-bond acceptors (Lipinski definition) is 0. The van der Waals surface area contributed by atoms with Crippen molar-refractivity contribution in [1.82, 2.24) is 0 Å². The van der Waals surface area contributed by atoms with Crippen LogP contribution in [-0.4, -0.2) is 0 Å². The van der Waals surface area contributed by atoms with Crippen LogP contribution in [0.15, 0.2) is 115 Å². The van der Waals surface area contributed by atoms with Crippen LogP contribution >= 0.6 is 0 Å². The van der Waals surface area contributed by atoms with E-state index < -0.39 is 0 Å². The molecule has 1 atom stereocenters. The van der Waals surface area contributed by atoms with Gasteiger partial charge in [0.15, 0.2) is 0 Å². The fraction of sp³-hybridized carbons (Fsp3) is 0.227. The van der Waals surface area contributed by atoms with Crippen LogP contribution in [0.3, 0.4) is 0 Å². The summed E-state index contributed by atoms with van der Waals surface area (Å²) in [5.41, 5.74) is 16.5. The molecule has 1 unspecified atom stereocenters. The summed E-state index contributed by atoms with van der Waals surface area (Å²) in [6.07, 6.45) is 2.54. The van der Waals surface area contributed by atoms with Gasteiger partial charge in [-0.1, -0.05) is 0 Å². The zero-order valence-electron chi connectivity index (χ0n) is 28.3. The smallest absolute Gasteiger partial charge is 1.00 e. The third-order valence-corrected chi connectivity index (χ3v) is 10.9. The third-order valence-electron chi connectivity index (χ3n) is 9.65. The molecule has 7 rings (SSSR count). The maximum atomic E-state index is 2.55. The number of rotatable bonds is 3. The minimum atomic E-state index is -0.102. The summed E-state index contributed by atoms with van der Waals surface area (Å²) >= 11 is 1.47. The molecule has 0 spiro atoms. The zero-order valence-corrected chi connectivity index (χ0v) is 32.3. The Labute approximate surface area is 308 Å². The molecule has 0 fully saturated rings. The Morgan fingerprint density at radius 3 is 1.74 bits per heavy atom. The first-order valence-electron chi connectivity index (χ1n) is 16.2. The van der Waals surface area contributed by atoms with E-state index in [0.29, 0.717) is 0 Å². The second kappa shape index (κ2) is 13.2. The summed E-state index contributed by atoms with van der Waals surface area (Å²) in [5.74, 6) is 0.198. The van der Waals surface area contributed by atoms with Crippen molar-refractivity contribution in [2.45, 2.75) is 65.2 Å². The average molecular weight is 732 g/mol. The molecule has 0 aliphatic heterocycles. The Balaban J connectivity index is 0.00000217. The Kier molecular flexibility index (Phi) is 9.90. The average Bonchev–Trinajstić information content (AvgIpc) is 3.50. The number of hydrogen-bond donors (Lipinski definition) is 0. The van der Waals surface area contributed by atoms with Crippen molar-refractivity contribution in [3.63, 3.8) is 0 Å². The van der Waals surface area contributed by atoms with E-state index in [0.717, 1.165) is 0 Å². The number of benzene rings is 5. The summed E-state index contributed by atoms with van der Waals surface area (Å²) < 4.78 is 1.49. The molecule has 0 heterocycles. The maximum absolute atomic E-state index is 2.55. The van der Waals surface area contributed by atoms with Gasteiger partial charge in [-0.15, -0.1) is 0 Å². The predicted octanol–water partition coefficient (Wildman–Crippen LogP) is 3.77. The molecule has 0 N–H and O–H groups in total. The molecule has 2 aliphatic rings. The molecule has 0 saturated carbocycles. The first-order valence-corrected chi connectivity index (χ1v) is 17.4. The summed E-state index contributed by atoms with van der Waals surface area (Å²) in [6, 6.07) is 40.9. The van der Waals surface area contributed by atoms with Crippen molar-refractivity contribution in [2.75, 3.05) is 0 Å². The first kappa shape index (κ1) is 35.4. The van der Waals surface area contributed by atoms with E-state index in [1.165, 1.54) is 105 Å². The van der Waals surface area contributed by atoms with Gasteiger partial charge in [0.25, 0.3) is 0 Å². The van der Waals surface area contributed by atoms with Crippen molar-refractivity contribution in [3.05, 3.63) is 170 Å². The molecule has 47 heavy (non-hydrogen) atoms. The van der Waals surface area contributed by atoms with E-state index in [1.807, 2.05) is 0 Å². The van der Waals surface area contributed by atoms with E-state index in [-0.39, 0.29) is 41.6 Å². The Hall–Kier alpha value is -2.96. The fourth-order valence-corrected chi connectivity index (χ4v) is 8.74. The van der Waals surface area contributed by atoms with Gasteiger partial charge in [0, 0.05) is 0 Å². The monoisotopic (exact) mass is 729 g/mol. The van der Waals surface area contributed by atoms with Gasteiger partial charge in [0.1, 0.15) is 0 Å². The van der Waals surface area contributed by atoms with Crippen LogP contribution in [0.2, 0.25) is 0 Å². The van der Waals surface area contributed by atoms with E-state index in [4.69, 9.17) is 0 Å². The SMILES string of the molecule is CC1=CC(c2c(C(C)(C)C)c(=C(c3ccccc3)c3ccccc3)cc3c2=[C]([Zr+2])c2cc(C(C)(C)C)ccc2-3)c2ccccc21.[Cl-].[Cl-]. The topological polar surface area (TPSA) is 0 Å². The minimum absolute atomic E-state index is 0. The van der Waals surface area contributed by atoms with Crippen molar-refractivity contribution in [3.8, 4) is 11.1 Å². The van der Waals surface area contributed by atoms with Crippen LogP contribution in [0.1, 0.15) is 98.9 Å². The van der Waals surface area contributed by atoms with Gasteiger partial charge in [0.2, 0.25) is 0 Å². The van der Waals surface area contributed by atoms with E-state index >= 15 is 0 Å². The second-order valence-corrected chi connectivity index (χ2v) is 16.0. The van der Waals surface area contributed by atoms with Crippen molar-refractivity contribution < 1.29 is 49.5 Å². The number of halogens is 2. The zero-order chi connectivity index (χ0) is 31.7. The largest absolute Gasteiger partial charge is 1.00 e. The third kappa shape index (κ3) is 6.10. The predicted molar refractivity (Wildman–Crippen MR) is 187 cm³/mol. The van der Waals surface area contributed by atoms with E-state index in [1.54, 1.807) is 0 Å². The molecule has 0 aromatic heterocycles. The summed E-state index contributed by atoms with van der Waals surface area (Å²) in [5, 5.41) is 2.81. The van der Waals surface area contributed by atoms with Crippen molar-refractivity contribution >= 4 is 14.4 Å². The van der Waals surface area contributed by atoms with Gasteiger partial charge in [-0.25, -0.2) is 0 Å². The van der Waals surface area contributed by atoms with Crippen molar-refractivity contribution in [2.24, 2.45) is 0 Å². The van der Waals surface area contributed by atoms with E-state index in [2.05, 4.69) is 164 Å². The van der Waals surface area contributed by atoms with Gasteiger partial charge in [0.05, 0.1) is 0 Å². The molecule has 2 aliphatic carbocycles. The summed E-state index contributed by atoms with van der Waals surface area (Å²) in [7, 11) is 0. The molecule has 0 radical (unpaired) electrons. The standard InChI is InChI=1S/C44H41.2ClH.Zr/c1-28-24-37(35-21-15-14-20-33(28)35)41-38-26-31-25-32(43(2,3)4)22-23-34(31)36(38)27-39(42(41)44(5,6)7)40(29-16-10-8-11-17-29)30-18-12-9-13-19-30;;;/h8-25,27,37H,1-7H3;2*1H;/q;;;+2/p-2. The molecule has 5 aromatic rings. The minimum Gasteiger partial charge on any atom is -1.00 e. The molecule has 0 saturated heterocycles. The van der Waals surface area contributed by atoms with E-state index in [9.17, 15) is 0 Å². The molecule has 0 bridgehead atoms. The second-order valence-electron chi connectivity index (χ2n) is 14.8. The molecule has 5 aromatic carbocycles. The van der Waals surface area contributed by atoms with Crippen molar-refractivity contribution in [1.29, 1.82) is 0 Å². The van der Waals surface area contributed by atoms with Gasteiger partial charge in [-0.2, -0.15) is 0 Å². The van der Waals surface area contributed by atoms with Crippen LogP contribution in [-0.2, 0) is 35.5 Å². The number of fused-ring (bicyclic) bond motifs is 4. The fourth-order valence-electron chi connectivity index (χ4n) is 7.57. The summed E-state index contributed by atoms with van der Waals surface area (Å²) in [6.45, 7) is 16.5. The Bertz CT molecular complexity index is 2080. The summed E-state index contributed by atoms with van der Waals surface area (Å²) in [4.78, 5) is 0. The molecule has 0 nitrogen and oxygen atoms in total. The van der Waals surface area contributed by atoms with Crippen LogP contribution in [0.5, 0.6) is 0 Å². The van der Waals surface area contributed by atoms with Crippen LogP contribution < -0.4 is 35.3 Å². The molecular formula is C44H41Cl2Zr. The van der Waals surface area contributed by atoms with Crippen LogP contribution in [0, 0.1) is 0 Å².